The molecule has 3 aromatic rings. The average Bonchev–Trinajstić information content (AvgIpc) is 2.92. The van der Waals surface area contributed by atoms with Crippen molar-refractivity contribution < 1.29 is 14.7 Å². The highest BCUT2D eigenvalue weighted by molar-refractivity contribution is 9.10. The lowest BCUT2D eigenvalue weighted by atomic mass is 10.0. The molecule has 0 aliphatic carbocycles. The highest BCUT2D eigenvalue weighted by Crippen LogP contribution is 2.29. The molecule has 2 amide bonds. The van der Waals surface area contributed by atoms with Crippen LogP contribution >= 0.6 is 15.9 Å². The van der Waals surface area contributed by atoms with Gasteiger partial charge in [0, 0.05) is 15.6 Å². The molecule has 1 aliphatic rings. The van der Waals surface area contributed by atoms with Crippen LogP contribution in [0.2, 0.25) is 0 Å². The molecule has 0 fully saturated rings. The lowest BCUT2D eigenvalue weighted by molar-refractivity contribution is -0.123. The van der Waals surface area contributed by atoms with Gasteiger partial charge < -0.3 is 10.0 Å². The topological polar surface area (TPSA) is 94.4 Å². The van der Waals surface area contributed by atoms with Crippen molar-refractivity contribution in [3.63, 3.8) is 0 Å². The summed E-state index contributed by atoms with van der Waals surface area (Å²) in [5, 5.41) is 13.3. The molecule has 0 aromatic heterocycles. The van der Waals surface area contributed by atoms with Crippen molar-refractivity contribution in [2.24, 2.45) is 10.1 Å². The number of hydrogen-bond acceptors (Lipinski definition) is 5. The van der Waals surface area contributed by atoms with Crippen LogP contribution in [0.1, 0.15) is 16.7 Å². The van der Waals surface area contributed by atoms with Gasteiger partial charge in [-0.2, -0.15) is 5.10 Å². The molecular weight excluding hydrogens is 472 g/mol. The highest BCUT2D eigenvalue weighted by atomic mass is 79.9. The van der Waals surface area contributed by atoms with Crippen molar-refractivity contribution in [1.82, 2.24) is 5.43 Å². The zero-order chi connectivity index (χ0) is 22.5. The first-order chi connectivity index (χ1) is 15.5. The second-order valence-electron chi connectivity index (χ2n) is 7.06. The molecule has 1 aliphatic heterocycles. The number of hydrogen-bond donors (Lipinski definition) is 2. The van der Waals surface area contributed by atoms with Crippen LogP contribution < -0.4 is 10.3 Å². The van der Waals surface area contributed by atoms with E-state index < -0.39 is 5.91 Å². The summed E-state index contributed by atoms with van der Waals surface area (Å²) in [5.74, 6) is -0.573. The number of anilines is 1. The Kier molecular flexibility index (Phi) is 6.42. The summed E-state index contributed by atoms with van der Waals surface area (Å²) in [7, 11) is 0. The van der Waals surface area contributed by atoms with Gasteiger partial charge in [-0.25, -0.2) is 5.43 Å². The van der Waals surface area contributed by atoms with E-state index >= 15 is 0 Å². The van der Waals surface area contributed by atoms with Crippen LogP contribution in [0.5, 0.6) is 5.75 Å². The standard InChI is InChI=1S/C24H19BrN4O3/c25-18-8-11-21-20(12-18)24(17-4-2-1-3-5-17)26-14-23(32)29(21)15-22(31)28-27-13-16-6-9-19(30)10-7-16/h1-13,30H,14-15H2,(H,28,31)/b27-13-. The van der Waals surface area contributed by atoms with Crippen LogP contribution in [0, 0.1) is 0 Å². The molecule has 8 heteroatoms. The molecule has 0 atom stereocenters. The molecule has 0 unspecified atom stereocenters. The maximum atomic E-state index is 12.9. The first-order valence-electron chi connectivity index (χ1n) is 9.82. The summed E-state index contributed by atoms with van der Waals surface area (Å²) in [6.45, 7) is -0.265. The Labute approximate surface area is 193 Å². The van der Waals surface area contributed by atoms with Gasteiger partial charge in [-0.05, 0) is 48.0 Å². The van der Waals surface area contributed by atoms with E-state index in [1.165, 1.54) is 23.2 Å². The third-order valence-electron chi connectivity index (χ3n) is 4.82. The number of aromatic hydroxyl groups is 1. The SMILES string of the molecule is O=C(CN1C(=O)CN=C(c2ccccc2)c2cc(Br)ccc21)N/N=C\c1ccc(O)cc1. The predicted octanol–water partition coefficient (Wildman–Crippen LogP) is 3.49. The number of carbonyl (C=O) groups is 2. The van der Waals surface area contributed by atoms with Crippen LogP contribution in [0.15, 0.2) is 87.4 Å². The van der Waals surface area contributed by atoms with E-state index in [1.807, 2.05) is 42.5 Å². The molecule has 160 valence electrons. The van der Waals surface area contributed by atoms with Crippen molar-refractivity contribution >= 4 is 45.4 Å². The molecule has 0 radical (unpaired) electrons. The number of carbonyl (C=O) groups excluding carboxylic acids is 2. The number of aliphatic imine (C=N–C) groups is 1. The number of benzodiazepines with no additional fused rings is 1. The van der Waals surface area contributed by atoms with Gasteiger partial charge in [0.15, 0.2) is 0 Å². The molecule has 3 aromatic carbocycles. The number of benzene rings is 3. The van der Waals surface area contributed by atoms with Gasteiger partial charge in [-0.3, -0.25) is 14.6 Å². The zero-order valence-electron chi connectivity index (χ0n) is 16.9. The number of rotatable bonds is 5. The number of nitrogens with zero attached hydrogens (tertiary/aromatic N) is 3. The van der Waals surface area contributed by atoms with E-state index in [4.69, 9.17) is 0 Å². The number of phenols is 1. The summed E-state index contributed by atoms with van der Waals surface area (Å²) in [4.78, 5) is 31.4. The minimum atomic E-state index is -0.439. The van der Waals surface area contributed by atoms with E-state index in [0.29, 0.717) is 17.0 Å². The summed E-state index contributed by atoms with van der Waals surface area (Å²) < 4.78 is 0.845. The average molecular weight is 491 g/mol. The van der Waals surface area contributed by atoms with E-state index in [-0.39, 0.29) is 24.7 Å². The van der Waals surface area contributed by atoms with Crippen LogP contribution in [0.4, 0.5) is 5.69 Å². The molecule has 2 N–H and O–H groups in total. The smallest absolute Gasteiger partial charge is 0.260 e. The number of nitrogens with one attached hydrogen (secondary N) is 1. The molecule has 32 heavy (non-hydrogen) atoms. The molecule has 0 bridgehead atoms. The Morgan fingerprint density at radius 1 is 1.12 bits per heavy atom. The molecule has 0 saturated heterocycles. The van der Waals surface area contributed by atoms with Gasteiger partial charge in [-0.15, -0.1) is 0 Å². The van der Waals surface area contributed by atoms with E-state index in [0.717, 1.165) is 15.6 Å². The lowest BCUT2D eigenvalue weighted by Gasteiger charge is -2.22. The van der Waals surface area contributed by atoms with E-state index in [1.54, 1.807) is 18.2 Å². The minimum Gasteiger partial charge on any atom is -0.508 e. The fourth-order valence-electron chi connectivity index (χ4n) is 3.32. The van der Waals surface area contributed by atoms with E-state index in [2.05, 4.69) is 31.4 Å². The summed E-state index contributed by atoms with van der Waals surface area (Å²) in [5.41, 5.74) is 6.12. The number of phenolic OH excluding ortho intramolecular Hbond substituents is 1. The van der Waals surface area contributed by atoms with Gasteiger partial charge in [0.25, 0.3) is 5.91 Å². The first-order valence-corrected chi connectivity index (χ1v) is 10.6. The molecule has 0 spiro atoms. The Morgan fingerprint density at radius 2 is 1.88 bits per heavy atom. The van der Waals surface area contributed by atoms with Gasteiger partial charge in [0.2, 0.25) is 5.91 Å². The number of amides is 2. The fraction of sp³-hybridized carbons (Fsp3) is 0.0833. The van der Waals surface area contributed by atoms with Crippen LogP contribution in [0.25, 0.3) is 0 Å². The second-order valence-corrected chi connectivity index (χ2v) is 7.97. The Balaban J connectivity index is 1.56. The van der Waals surface area contributed by atoms with Crippen molar-refractivity contribution in [2.75, 3.05) is 18.0 Å². The normalized spacial score (nSPS) is 13.5. The van der Waals surface area contributed by atoms with Gasteiger partial charge >= 0.3 is 0 Å². The largest absolute Gasteiger partial charge is 0.508 e. The zero-order valence-corrected chi connectivity index (χ0v) is 18.5. The van der Waals surface area contributed by atoms with Crippen LogP contribution in [-0.2, 0) is 9.59 Å². The van der Waals surface area contributed by atoms with Crippen molar-refractivity contribution in [1.29, 1.82) is 0 Å². The number of halogens is 1. The van der Waals surface area contributed by atoms with Crippen LogP contribution in [0.3, 0.4) is 0 Å². The minimum absolute atomic E-state index is 0.0689. The van der Waals surface area contributed by atoms with Gasteiger partial charge in [-0.1, -0.05) is 46.3 Å². The monoisotopic (exact) mass is 490 g/mol. The first kappa shape index (κ1) is 21.5. The summed E-state index contributed by atoms with van der Waals surface area (Å²) in [6.07, 6.45) is 1.46. The molecule has 0 saturated carbocycles. The Bertz CT molecular complexity index is 1210. The predicted molar refractivity (Wildman–Crippen MR) is 127 cm³/mol. The van der Waals surface area contributed by atoms with Gasteiger partial charge in [0.1, 0.15) is 18.8 Å². The molecule has 4 rings (SSSR count). The van der Waals surface area contributed by atoms with Gasteiger partial charge in [0.05, 0.1) is 17.6 Å². The third kappa shape index (κ3) is 4.92. The molecule has 1 heterocycles. The summed E-state index contributed by atoms with van der Waals surface area (Å²) >= 11 is 3.49. The summed E-state index contributed by atoms with van der Waals surface area (Å²) in [6, 6.07) is 21.5. The lowest BCUT2D eigenvalue weighted by Crippen LogP contribution is -2.40. The maximum absolute atomic E-state index is 12.9. The number of hydrazone groups is 1. The molecule has 7 nitrogen and oxygen atoms in total. The van der Waals surface area contributed by atoms with Crippen molar-refractivity contribution in [2.45, 2.75) is 0 Å². The number of fused-ring (bicyclic) bond motifs is 1. The van der Waals surface area contributed by atoms with E-state index in [9.17, 15) is 14.7 Å². The molecular formula is C24H19BrN4O3. The second kappa shape index (κ2) is 9.57. The van der Waals surface area contributed by atoms with Crippen molar-refractivity contribution in [3.8, 4) is 5.75 Å². The van der Waals surface area contributed by atoms with Crippen molar-refractivity contribution in [3.05, 3.63) is 94.0 Å². The Hall–Kier alpha value is -3.78. The quantitative estimate of drug-likeness (QED) is 0.423. The highest BCUT2D eigenvalue weighted by Gasteiger charge is 2.27. The Morgan fingerprint density at radius 3 is 2.62 bits per heavy atom. The fourth-order valence-corrected chi connectivity index (χ4v) is 3.68. The third-order valence-corrected chi connectivity index (χ3v) is 5.32. The maximum Gasteiger partial charge on any atom is 0.260 e. The van der Waals surface area contributed by atoms with Crippen LogP contribution in [-0.4, -0.2) is 41.9 Å².